The molecule has 0 aliphatic carbocycles. The van der Waals surface area contributed by atoms with Gasteiger partial charge in [-0.15, -0.1) is 0 Å². The van der Waals surface area contributed by atoms with Crippen LogP contribution in [0.25, 0.3) is 0 Å². The van der Waals surface area contributed by atoms with Gasteiger partial charge in [-0.25, -0.2) is 24.0 Å². The number of esters is 2. The molecule has 0 aromatic rings. The smallest absolute Gasteiger partial charge is 0.411 e. The Bertz CT molecular complexity index is 3620. The number of methoxy groups -OCH3 is 2. The van der Waals surface area contributed by atoms with Gasteiger partial charge in [-0.05, 0) is 202 Å². The first-order valence-corrected chi connectivity index (χ1v) is 48.9. The van der Waals surface area contributed by atoms with Gasteiger partial charge in [0.25, 0.3) is 0 Å². The minimum absolute atomic E-state index is 0.0331. The van der Waals surface area contributed by atoms with E-state index in [4.69, 9.17) is 24.4 Å². The molecule has 34 nitrogen and oxygen atoms in total. The van der Waals surface area contributed by atoms with Crippen LogP contribution in [0.3, 0.4) is 0 Å². The van der Waals surface area contributed by atoms with Crippen molar-refractivity contribution in [1.82, 2.24) is 72.4 Å². The molecule has 0 saturated carbocycles. The van der Waals surface area contributed by atoms with Crippen molar-refractivity contribution in [2.75, 3.05) is 89.2 Å². The molecule has 17 atom stereocenters. The Morgan fingerprint density at radius 2 is 0.714 bits per heavy atom. The number of nitrogens with one attached hydrogen (secondary N) is 9. The van der Waals surface area contributed by atoms with Gasteiger partial charge >= 0.3 is 35.9 Å². The third-order valence-electron chi connectivity index (χ3n) is 23.4. The summed E-state index contributed by atoms with van der Waals surface area (Å²) in [6.07, 6.45) is 32.5. The lowest BCUT2D eigenvalue weighted by molar-refractivity contribution is -0.147. The lowest BCUT2D eigenvalue weighted by Gasteiger charge is -2.28. The van der Waals surface area contributed by atoms with Crippen molar-refractivity contribution in [3.8, 4) is 0 Å². The zero-order valence-electron chi connectivity index (χ0n) is 86.1. The van der Waals surface area contributed by atoms with E-state index in [-0.39, 0.29) is 101 Å². The molecule has 5 aliphatic heterocycles. The van der Waals surface area contributed by atoms with Gasteiger partial charge in [0.15, 0.2) is 0 Å². The lowest BCUT2D eigenvalue weighted by Crippen LogP contribution is -2.53. The zero-order valence-corrected chi connectivity index (χ0v) is 86.1. The Kier molecular flexibility index (Phi) is 62.9. The fourth-order valence-corrected chi connectivity index (χ4v) is 15.9. The van der Waals surface area contributed by atoms with Crippen LogP contribution in [0.4, 0.5) is 4.79 Å². The van der Waals surface area contributed by atoms with E-state index in [2.05, 4.69) is 116 Å². The van der Waals surface area contributed by atoms with Crippen LogP contribution < -0.4 is 47.9 Å². The van der Waals surface area contributed by atoms with E-state index < -0.39 is 89.8 Å². The first-order chi connectivity index (χ1) is 62.5. The number of aliphatic carboxylic acids is 3. The second-order valence-corrected chi connectivity index (χ2v) is 38.4. The Hall–Kier alpha value is -8.86. The van der Waals surface area contributed by atoms with Gasteiger partial charge in [-0.3, -0.25) is 48.1 Å². The van der Waals surface area contributed by atoms with Crippen LogP contribution in [0.1, 0.15) is 279 Å². The molecule has 0 aromatic carbocycles. The minimum Gasteiger partial charge on any atom is -0.481 e. The second-order valence-electron chi connectivity index (χ2n) is 38.4. The van der Waals surface area contributed by atoms with E-state index >= 15 is 0 Å². The van der Waals surface area contributed by atoms with Crippen molar-refractivity contribution in [3.05, 3.63) is 48.6 Å². The highest BCUT2D eigenvalue weighted by Crippen LogP contribution is 2.27. The Labute approximate surface area is 796 Å². The second kappa shape index (κ2) is 67.4. The molecule has 0 aromatic heterocycles. The maximum atomic E-state index is 13.0. The highest BCUT2D eigenvalue weighted by Gasteiger charge is 2.42. The minimum atomic E-state index is -1.04. The predicted molar refractivity (Wildman–Crippen MR) is 521 cm³/mol. The lowest BCUT2D eigenvalue weighted by atomic mass is 10.0. The number of hydrogen-bond donors (Lipinski definition) is 12. The van der Waals surface area contributed by atoms with Gasteiger partial charge in [0.2, 0.25) is 47.3 Å². The predicted octanol–water partition coefficient (Wildman–Crippen LogP) is 10.6. The number of nitrogens with zero attached hydrogens (tertiary/aromatic N) is 5. The Morgan fingerprint density at radius 3 is 1.01 bits per heavy atom. The largest absolute Gasteiger partial charge is 0.481 e. The van der Waals surface area contributed by atoms with Gasteiger partial charge in [0.1, 0.15) is 53.9 Å². The van der Waals surface area contributed by atoms with E-state index in [1.807, 2.05) is 106 Å². The molecule has 0 radical (unpaired) electrons. The van der Waals surface area contributed by atoms with Crippen LogP contribution in [0.5, 0.6) is 0 Å². The molecule has 5 fully saturated rings. The number of unbranched alkanes of at least 4 members (excludes halogenated alkanes) is 1. The van der Waals surface area contributed by atoms with E-state index in [1.54, 1.807) is 62.6 Å². The SMILES string of the molecule is CC(C)(C)OC(=O)N1CCCC1C(=O)O.CCCC[C@H](NC(=O)C1CCCN1)C(=O)OC.CCC[C@H](NC(=O)C1CCCN1C(=O)[C@@H](C)/C=C/[C@H](CC(C)C)NC)C(=O)N(C)C.CCC[C@H](NC(=O)C1CCCN1C(=O)[C@@H](C)/C=C/[C@H](CC(C)C)NC)C(=O)O.CCC[C@H](NC(=O)C1CCCN1C(=O)[C@@H](C)/C=C/[C@H](CC(C)C)NC)C(=O)OC.CN[C@H](/C=C/[C@H](C)C(=O)O)CC(C)C. The molecule has 12 N–H and O–H groups in total. The van der Waals surface area contributed by atoms with Crippen LogP contribution >= 0.6 is 0 Å². The summed E-state index contributed by atoms with van der Waals surface area (Å²) in [6.45, 7) is 40.7. The normalized spacial score (nSPS) is 19.9. The molecule has 9 amide bonds. The van der Waals surface area contributed by atoms with Crippen molar-refractivity contribution >= 4 is 83.2 Å². The number of amides is 9. The summed E-state index contributed by atoms with van der Waals surface area (Å²) in [5.41, 5.74) is -0.581. The van der Waals surface area contributed by atoms with Crippen LogP contribution in [-0.4, -0.2) is 296 Å². The number of carbonyl (C=O) groups is 14. The van der Waals surface area contributed by atoms with Crippen LogP contribution in [0.15, 0.2) is 48.6 Å². The molecule has 5 heterocycles. The van der Waals surface area contributed by atoms with Gasteiger partial charge < -0.3 is 97.0 Å². The summed E-state index contributed by atoms with van der Waals surface area (Å²) >= 11 is 0. The third kappa shape index (κ3) is 48.9. The molecule has 0 bridgehead atoms. The summed E-state index contributed by atoms with van der Waals surface area (Å²) < 4.78 is 14.6. The van der Waals surface area contributed by atoms with Gasteiger partial charge in [-0.1, -0.05) is 185 Å². The van der Waals surface area contributed by atoms with Crippen molar-refractivity contribution in [1.29, 1.82) is 0 Å². The number of rotatable bonds is 46. The average Bonchev–Trinajstić information content (AvgIpc) is 1.71. The van der Waals surface area contributed by atoms with Crippen molar-refractivity contribution in [3.63, 3.8) is 0 Å². The summed E-state index contributed by atoms with van der Waals surface area (Å²) in [7, 11) is 13.7. The number of hydrogen-bond acceptors (Lipinski definition) is 22. The quantitative estimate of drug-likeness (QED) is 0.0153. The summed E-state index contributed by atoms with van der Waals surface area (Å²) in [5, 5.41) is 53.9. The number of carboxylic acids is 3. The van der Waals surface area contributed by atoms with Crippen LogP contribution in [-0.2, 0) is 76.5 Å². The maximum Gasteiger partial charge on any atom is 0.411 e. The maximum absolute atomic E-state index is 13.0. The molecule has 133 heavy (non-hydrogen) atoms. The topological polar surface area (TPSA) is 452 Å². The molecule has 34 heteroatoms. The average molecular weight is 1880 g/mol. The summed E-state index contributed by atoms with van der Waals surface area (Å²) in [5.74, 6) is -3.88. The van der Waals surface area contributed by atoms with E-state index in [1.165, 1.54) is 24.0 Å². The summed E-state index contributed by atoms with van der Waals surface area (Å²) in [6, 6.07) is -4.18. The molecular weight excluding hydrogens is 1710 g/mol. The van der Waals surface area contributed by atoms with Crippen molar-refractivity contribution in [2.45, 2.75) is 363 Å². The standard InChI is InChI=1S/C23H42N4O3.C22H39N3O4.C21H37N3O4.C12H22N2O3.C11H21NO2.C10H17NO4/c1-8-10-19(23(30)26(6)7)25-21(28)20-11-9-14-27(20)22(29)17(4)12-13-18(24-5)15-16(2)3;1-7-9-18(22(28)29-6)24-20(26)19-10-8-13-25(19)21(27)16(4)11-12-17(23-5)14-15(2)3;1-6-8-17(21(27)28)23-19(25)18-9-7-12-24(18)20(26)15(4)10-11-16(22-5)13-14(2)3;1-3-4-6-10(12(16)17-2)14-11(15)9-7-5-8-13-9;1-8(2)7-10(12-4)6-5-9(3)11(13)14;1-10(2,3)15-9(14)11-6-4-5-7(11)8(12)13/h12-13,16-20,24H,8-11,14-15H2,1-7H3,(H,25,28);11-12,15-19,23H,7-10,13-14H2,1-6H3,(H,24,26);10-11,14-18,22H,6-9,12-13H2,1-5H3,(H,23,25)(H,27,28);9-10,13H,3-8H2,1-2H3,(H,14,15);5-6,8-10,12H,7H2,1-4H3,(H,13,14);7H,4-6H2,1-3H3,(H,12,13)/b13-12+;12-11+;11-10+;;6-5+;/t17-,18+,19-,20?;16-,17+,18-,19?;15-,16+,17-,18?;9?,10-;9-,10+;/m00000./s1. The molecule has 5 saturated heterocycles. The monoisotopic (exact) mass is 1880 g/mol. The molecule has 5 rings (SSSR count). The third-order valence-corrected chi connectivity index (χ3v) is 23.4. The van der Waals surface area contributed by atoms with Crippen LogP contribution in [0, 0.1) is 47.3 Å². The molecule has 764 valence electrons. The van der Waals surface area contributed by atoms with Gasteiger partial charge in [0, 0.05) is 64.4 Å². The zero-order chi connectivity index (χ0) is 102. The first kappa shape index (κ1) is 124. The first-order valence-electron chi connectivity index (χ1n) is 48.9. The van der Waals surface area contributed by atoms with Gasteiger partial charge in [-0.2, -0.15) is 0 Å². The van der Waals surface area contributed by atoms with Gasteiger partial charge in [0.05, 0.1) is 43.9 Å². The van der Waals surface area contributed by atoms with E-state index in [0.717, 1.165) is 96.4 Å². The highest BCUT2D eigenvalue weighted by molar-refractivity contribution is 5.95. The fourth-order valence-electron chi connectivity index (χ4n) is 15.9. The molecule has 0 spiro atoms. The Morgan fingerprint density at radius 1 is 0.398 bits per heavy atom. The van der Waals surface area contributed by atoms with Crippen molar-refractivity contribution in [2.24, 2.45) is 47.3 Å². The fraction of sp³-hybridized carbons (Fsp3) is 0.778. The number of likely N-dealkylation sites (N-methyl/N-ethyl adjacent to an activating group) is 5. The van der Waals surface area contributed by atoms with Crippen LogP contribution in [0.2, 0.25) is 0 Å². The molecule has 5 aliphatic rings. The van der Waals surface area contributed by atoms with Crippen molar-refractivity contribution < 1.29 is 96.7 Å². The number of likely N-dealkylation sites (tertiary alicyclic amines) is 4. The number of carboxylic acid groups (broad SMARTS) is 3. The number of carbonyl (C=O) groups excluding carboxylic acids is 11. The van der Waals surface area contributed by atoms with E-state index in [9.17, 15) is 72.2 Å². The highest BCUT2D eigenvalue weighted by atomic mass is 16.6. The molecule has 5 unspecified atom stereocenters. The Balaban J connectivity index is 0.00000161. The molecular formula is C99H178N14O20. The summed E-state index contributed by atoms with van der Waals surface area (Å²) in [4.78, 5) is 177. The van der Waals surface area contributed by atoms with E-state index in [0.29, 0.717) is 108 Å². The number of ether oxygens (including phenoxy) is 3.